The first-order valence-electron chi connectivity index (χ1n) is 7.74. The smallest absolute Gasteiger partial charge is 0.159 e. The standard InChI is InChI=1S/C18H19F3N2/c19-16-4-2-1-3-15(16)13-23-9-7-22(8-10-23)12-14-5-6-17(20)18(21)11-14/h1-6,11H,7-10,12-13H2. The Morgan fingerprint density at radius 1 is 0.696 bits per heavy atom. The van der Waals surface area contributed by atoms with Gasteiger partial charge in [0, 0.05) is 44.8 Å². The summed E-state index contributed by atoms with van der Waals surface area (Å²) in [5.74, 6) is -1.79. The Kier molecular flexibility index (Phi) is 4.98. The molecule has 1 aliphatic heterocycles. The molecule has 1 aliphatic rings. The number of piperazine rings is 1. The molecule has 0 unspecified atom stereocenters. The molecule has 0 amide bonds. The summed E-state index contributed by atoms with van der Waals surface area (Å²) in [5, 5.41) is 0. The number of halogens is 3. The zero-order valence-electron chi connectivity index (χ0n) is 12.8. The Morgan fingerprint density at radius 2 is 1.35 bits per heavy atom. The predicted octanol–water partition coefficient (Wildman–Crippen LogP) is 3.42. The van der Waals surface area contributed by atoms with Crippen molar-refractivity contribution in [1.82, 2.24) is 9.80 Å². The van der Waals surface area contributed by atoms with Crippen LogP contribution in [-0.4, -0.2) is 36.0 Å². The zero-order chi connectivity index (χ0) is 16.2. The minimum absolute atomic E-state index is 0.170. The monoisotopic (exact) mass is 320 g/mol. The molecule has 23 heavy (non-hydrogen) atoms. The third-order valence-corrected chi connectivity index (χ3v) is 4.21. The Labute approximate surface area is 134 Å². The molecule has 0 aromatic heterocycles. The summed E-state index contributed by atoms with van der Waals surface area (Å²) < 4.78 is 39.9. The molecular weight excluding hydrogens is 301 g/mol. The number of benzene rings is 2. The molecule has 122 valence electrons. The quantitative estimate of drug-likeness (QED) is 0.852. The van der Waals surface area contributed by atoms with Crippen molar-refractivity contribution >= 4 is 0 Å². The van der Waals surface area contributed by atoms with Crippen molar-refractivity contribution in [1.29, 1.82) is 0 Å². The van der Waals surface area contributed by atoms with Crippen LogP contribution in [-0.2, 0) is 13.1 Å². The second-order valence-corrected chi connectivity index (χ2v) is 5.89. The molecule has 0 atom stereocenters. The molecule has 0 radical (unpaired) electrons. The molecule has 1 heterocycles. The molecule has 0 saturated carbocycles. The first-order chi connectivity index (χ1) is 11.1. The molecule has 1 saturated heterocycles. The van der Waals surface area contributed by atoms with Gasteiger partial charge in [-0.2, -0.15) is 0 Å². The van der Waals surface area contributed by atoms with E-state index in [9.17, 15) is 13.2 Å². The highest BCUT2D eigenvalue weighted by Crippen LogP contribution is 2.15. The first kappa shape index (κ1) is 16.0. The third kappa shape index (κ3) is 4.12. The lowest BCUT2D eigenvalue weighted by molar-refractivity contribution is 0.121. The second kappa shape index (κ2) is 7.15. The zero-order valence-corrected chi connectivity index (χ0v) is 12.8. The molecule has 0 aliphatic carbocycles. The topological polar surface area (TPSA) is 6.48 Å². The van der Waals surface area contributed by atoms with E-state index in [4.69, 9.17) is 0 Å². The van der Waals surface area contributed by atoms with Gasteiger partial charge in [-0.3, -0.25) is 9.80 Å². The number of hydrogen-bond donors (Lipinski definition) is 0. The summed E-state index contributed by atoms with van der Waals surface area (Å²) in [7, 11) is 0. The fourth-order valence-electron chi connectivity index (χ4n) is 2.87. The van der Waals surface area contributed by atoms with Gasteiger partial charge in [0.05, 0.1) is 0 Å². The van der Waals surface area contributed by atoms with Crippen molar-refractivity contribution in [2.24, 2.45) is 0 Å². The summed E-state index contributed by atoms with van der Waals surface area (Å²) >= 11 is 0. The average Bonchev–Trinajstić information content (AvgIpc) is 2.55. The number of nitrogens with zero attached hydrogens (tertiary/aromatic N) is 2. The van der Waals surface area contributed by atoms with Crippen molar-refractivity contribution in [3.8, 4) is 0 Å². The minimum atomic E-state index is -0.816. The molecule has 5 heteroatoms. The fraction of sp³-hybridized carbons (Fsp3) is 0.333. The third-order valence-electron chi connectivity index (χ3n) is 4.21. The van der Waals surface area contributed by atoms with E-state index < -0.39 is 11.6 Å². The second-order valence-electron chi connectivity index (χ2n) is 5.89. The van der Waals surface area contributed by atoms with E-state index in [1.807, 2.05) is 12.1 Å². The summed E-state index contributed by atoms with van der Waals surface area (Å²) in [6.45, 7) is 4.52. The highest BCUT2D eigenvalue weighted by atomic mass is 19.2. The lowest BCUT2D eigenvalue weighted by Crippen LogP contribution is -2.45. The van der Waals surface area contributed by atoms with E-state index in [0.717, 1.165) is 31.7 Å². The largest absolute Gasteiger partial charge is 0.297 e. The van der Waals surface area contributed by atoms with Gasteiger partial charge in [-0.1, -0.05) is 24.3 Å². The van der Waals surface area contributed by atoms with Crippen LogP contribution in [0.4, 0.5) is 13.2 Å². The number of rotatable bonds is 4. The van der Waals surface area contributed by atoms with Crippen LogP contribution in [0.3, 0.4) is 0 Å². The summed E-state index contributed by atoms with van der Waals surface area (Å²) in [4.78, 5) is 4.41. The fourth-order valence-corrected chi connectivity index (χ4v) is 2.87. The van der Waals surface area contributed by atoms with E-state index in [1.165, 1.54) is 18.2 Å². The molecule has 2 nitrogen and oxygen atoms in total. The summed E-state index contributed by atoms with van der Waals surface area (Å²) in [6, 6.07) is 10.9. The van der Waals surface area contributed by atoms with Crippen LogP contribution >= 0.6 is 0 Å². The Balaban J connectivity index is 1.52. The summed E-state index contributed by atoms with van der Waals surface area (Å²) in [5.41, 5.74) is 1.48. The van der Waals surface area contributed by atoms with E-state index in [1.54, 1.807) is 12.1 Å². The Hall–Kier alpha value is -1.85. The minimum Gasteiger partial charge on any atom is -0.297 e. The number of hydrogen-bond acceptors (Lipinski definition) is 2. The summed E-state index contributed by atoms with van der Waals surface area (Å²) in [6.07, 6.45) is 0. The molecule has 2 aromatic carbocycles. The molecule has 0 spiro atoms. The van der Waals surface area contributed by atoms with Crippen LogP contribution in [0.2, 0.25) is 0 Å². The van der Waals surface area contributed by atoms with Gasteiger partial charge < -0.3 is 0 Å². The van der Waals surface area contributed by atoms with Gasteiger partial charge in [-0.25, -0.2) is 13.2 Å². The van der Waals surface area contributed by atoms with Crippen LogP contribution in [0, 0.1) is 17.5 Å². The normalized spacial score (nSPS) is 16.7. The molecule has 2 aromatic rings. The van der Waals surface area contributed by atoms with Crippen LogP contribution < -0.4 is 0 Å². The van der Waals surface area contributed by atoms with Crippen LogP contribution in [0.15, 0.2) is 42.5 Å². The van der Waals surface area contributed by atoms with Gasteiger partial charge in [0.1, 0.15) is 5.82 Å². The van der Waals surface area contributed by atoms with Crippen LogP contribution in [0.25, 0.3) is 0 Å². The molecule has 0 bridgehead atoms. The lowest BCUT2D eigenvalue weighted by Gasteiger charge is -2.34. The van der Waals surface area contributed by atoms with Crippen molar-refractivity contribution < 1.29 is 13.2 Å². The van der Waals surface area contributed by atoms with Gasteiger partial charge in [0.2, 0.25) is 0 Å². The first-order valence-corrected chi connectivity index (χ1v) is 7.74. The van der Waals surface area contributed by atoms with E-state index in [0.29, 0.717) is 18.7 Å². The Morgan fingerprint density at radius 3 is 2.00 bits per heavy atom. The van der Waals surface area contributed by atoms with Gasteiger partial charge in [-0.15, -0.1) is 0 Å². The average molecular weight is 320 g/mol. The molecular formula is C18H19F3N2. The van der Waals surface area contributed by atoms with E-state index >= 15 is 0 Å². The van der Waals surface area contributed by atoms with Gasteiger partial charge >= 0.3 is 0 Å². The van der Waals surface area contributed by atoms with Crippen LogP contribution in [0.5, 0.6) is 0 Å². The van der Waals surface area contributed by atoms with Crippen molar-refractivity contribution in [3.63, 3.8) is 0 Å². The SMILES string of the molecule is Fc1ccc(CN2CCN(Cc3ccccc3F)CC2)cc1F. The molecule has 3 rings (SSSR count). The highest BCUT2D eigenvalue weighted by molar-refractivity contribution is 5.18. The molecule has 1 fully saturated rings. The maximum atomic E-state index is 13.7. The Bertz CT molecular complexity index is 667. The van der Waals surface area contributed by atoms with Gasteiger partial charge in [0.25, 0.3) is 0 Å². The van der Waals surface area contributed by atoms with Gasteiger partial charge in [-0.05, 0) is 23.8 Å². The van der Waals surface area contributed by atoms with Crippen molar-refractivity contribution in [3.05, 3.63) is 71.0 Å². The van der Waals surface area contributed by atoms with Crippen LogP contribution in [0.1, 0.15) is 11.1 Å². The molecule has 0 N–H and O–H groups in total. The predicted molar refractivity (Wildman–Crippen MR) is 83.3 cm³/mol. The maximum absolute atomic E-state index is 13.7. The van der Waals surface area contributed by atoms with Gasteiger partial charge in [0.15, 0.2) is 11.6 Å². The van der Waals surface area contributed by atoms with E-state index in [2.05, 4.69) is 9.80 Å². The highest BCUT2D eigenvalue weighted by Gasteiger charge is 2.18. The lowest BCUT2D eigenvalue weighted by atomic mass is 10.1. The van der Waals surface area contributed by atoms with E-state index in [-0.39, 0.29) is 5.82 Å². The maximum Gasteiger partial charge on any atom is 0.159 e. The van der Waals surface area contributed by atoms with Crippen molar-refractivity contribution in [2.75, 3.05) is 26.2 Å². The van der Waals surface area contributed by atoms with Crippen molar-refractivity contribution in [2.45, 2.75) is 13.1 Å².